The van der Waals surface area contributed by atoms with Crippen molar-refractivity contribution in [3.63, 3.8) is 0 Å². The molecule has 28 heavy (non-hydrogen) atoms. The van der Waals surface area contributed by atoms with Crippen molar-refractivity contribution in [1.29, 1.82) is 0 Å². The molecule has 1 aromatic rings. The maximum absolute atomic E-state index is 13.2. The zero-order valence-electron chi connectivity index (χ0n) is 17.4. The van der Waals surface area contributed by atoms with E-state index in [1.54, 1.807) is 24.0 Å². The number of amides is 1. The second-order valence-corrected chi connectivity index (χ2v) is 9.80. The highest BCUT2D eigenvalue weighted by molar-refractivity contribution is 7.88. The fourth-order valence-corrected chi connectivity index (χ4v) is 3.60. The summed E-state index contributed by atoms with van der Waals surface area (Å²) < 4.78 is 31.4. The molecule has 0 saturated carbocycles. The molecule has 3 atom stereocenters. The van der Waals surface area contributed by atoms with E-state index in [9.17, 15) is 18.3 Å². The first-order valence-electron chi connectivity index (χ1n) is 9.27. The first-order chi connectivity index (χ1) is 13.0. The van der Waals surface area contributed by atoms with Crippen LogP contribution in [0.4, 0.5) is 5.69 Å². The lowest BCUT2D eigenvalue weighted by Crippen LogP contribution is -2.50. The average molecular weight is 414 g/mol. The van der Waals surface area contributed by atoms with Crippen molar-refractivity contribution < 1.29 is 23.1 Å². The maximum Gasteiger partial charge on any atom is 0.258 e. The number of carbonyl (C=O) groups is 1. The number of hydrogen-bond donors (Lipinski definition) is 1. The molecule has 0 unspecified atom stereocenters. The number of anilines is 1. The number of nitrogens with zero attached hydrogens (tertiary/aromatic N) is 3. The SMILES string of the molecule is C[C@H]1CN([C@@H](C)CO)C(=O)c2cccc(N(C)C)c2O[C@@H]1CN(C)S(C)(=O)=O. The van der Waals surface area contributed by atoms with Crippen molar-refractivity contribution in [3.05, 3.63) is 23.8 Å². The predicted molar refractivity (Wildman–Crippen MR) is 109 cm³/mol. The van der Waals surface area contributed by atoms with Crippen molar-refractivity contribution in [3.8, 4) is 5.75 Å². The molecular formula is C19H31N3O5S. The van der Waals surface area contributed by atoms with Crippen LogP contribution >= 0.6 is 0 Å². The van der Waals surface area contributed by atoms with Gasteiger partial charge in [-0.15, -0.1) is 0 Å². The molecule has 0 aliphatic carbocycles. The van der Waals surface area contributed by atoms with Crippen LogP contribution in [0.2, 0.25) is 0 Å². The molecule has 1 aliphatic heterocycles. The summed E-state index contributed by atoms with van der Waals surface area (Å²) in [5, 5.41) is 9.64. The van der Waals surface area contributed by atoms with Crippen molar-refractivity contribution >= 4 is 21.6 Å². The molecule has 2 rings (SSSR count). The molecule has 158 valence electrons. The van der Waals surface area contributed by atoms with E-state index in [4.69, 9.17) is 4.74 Å². The molecule has 0 radical (unpaired) electrons. The molecule has 0 fully saturated rings. The lowest BCUT2D eigenvalue weighted by atomic mass is 9.99. The average Bonchev–Trinajstić information content (AvgIpc) is 2.62. The van der Waals surface area contributed by atoms with Gasteiger partial charge in [0.1, 0.15) is 6.10 Å². The molecule has 1 aliphatic rings. The third-order valence-electron chi connectivity index (χ3n) is 5.16. The number of carbonyl (C=O) groups excluding carboxylic acids is 1. The topological polar surface area (TPSA) is 90.4 Å². The summed E-state index contributed by atoms with van der Waals surface area (Å²) in [6.07, 6.45) is 0.699. The van der Waals surface area contributed by atoms with E-state index in [0.717, 1.165) is 11.9 Å². The molecule has 8 nitrogen and oxygen atoms in total. The van der Waals surface area contributed by atoms with Crippen molar-refractivity contribution in [2.75, 3.05) is 52.0 Å². The standard InChI is InChI=1S/C19H31N3O5S/c1-13-10-22(14(2)12-23)19(24)15-8-7-9-16(20(3)4)18(15)27-17(13)11-21(5)28(6,25)26/h7-9,13-14,17,23H,10-12H2,1-6H3/t13-,14-,17+/m0/s1. The monoisotopic (exact) mass is 413 g/mol. The fourth-order valence-electron chi connectivity index (χ4n) is 3.19. The number of likely N-dealkylation sites (N-methyl/N-ethyl adjacent to an activating group) is 1. The molecule has 0 spiro atoms. The van der Waals surface area contributed by atoms with Crippen LogP contribution in [0, 0.1) is 5.92 Å². The van der Waals surface area contributed by atoms with Gasteiger partial charge in [-0.25, -0.2) is 12.7 Å². The highest BCUT2D eigenvalue weighted by atomic mass is 32.2. The van der Waals surface area contributed by atoms with Crippen LogP contribution in [0.25, 0.3) is 0 Å². The van der Waals surface area contributed by atoms with Crippen LogP contribution in [-0.2, 0) is 10.0 Å². The summed E-state index contributed by atoms with van der Waals surface area (Å²) in [5.74, 6) is 0.0821. The van der Waals surface area contributed by atoms with Crippen LogP contribution in [0.1, 0.15) is 24.2 Å². The molecule has 1 heterocycles. The van der Waals surface area contributed by atoms with Crippen LogP contribution in [-0.4, -0.2) is 87.9 Å². The van der Waals surface area contributed by atoms with Gasteiger partial charge in [-0.05, 0) is 19.1 Å². The van der Waals surface area contributed by atoms with Crippen LogP contribution < -0.4 is 9.64 Å². The summed E-state index contributed by atoms with van der Waals surface area (Å²) >= 11 is 0. The van der Waals surface area contributed by atoms with Gasteiger partial charge in [0.15, 0.2) is 5.75 Å². The van der Waals surface area contributed by atoms with Gasteiger partial charge in [0.2, 0.25) is 10.0 Å². The van der Waals surface area contributed by atoms with E-state index in [2.05, 4.69) is 0 Å². The van der Waals surface area contributed by atoms with Gasteiger partial charge < -0.3 is 19.6 Å². The van der Waals surface area contributed by atoms with Gasteiger partial charge in [0, 0.05) is 33.6 Å². The molecule has 0 aromatic heterocycles. The summed E-state index contributed by atoms with van der Waals surface area (Å²) in [6.45, 7) is 4.08. The minimum atomic E-state index is -3.37. The number of para-hydroxylation sites is 1. The molecule has 0 saturated heterocycles. The molecule has 1 N–H and O–H groups in total. The normalized spacial score (nSPS) is 21.6. The van der Waals surface area contributed by atoms with E-state index in [0.29, 0.717) is 17.9 Å². The molecule has 9 heteroatoms. The number of ether oxygens (including phenoxy) is 1. The third kappa shape index (κ3) is 4.76. The fraction of sp³-hybridized carbons (Fsp3) is 0.632. The number of sulfonamides is 1. The van der Waals surface area contributed by atoms with Crippen molar-refractivity contribution in [2.24, 2.45) is 5.92 Å². The lowest BCUT2D eigenvalue weighted by molar-refractivity contribution is 0.0388. The Hall–Kier alpha value is -1.84. The first kappa shape index (κ1) is 22.4. The summed E-state index contributed by atoms with van der Waals surface area (Å²) in [4.78, 5) is 16.7. The van der Waals surface area contributed by atoms with Gasteiger partial charge in [-0.2, -0.15) is 0 Å². The van der Waals surface area contributed by atoms with E-state index in [1.165, 1.54) is 11.4 Å². The Kier molecular flexibility index (Phi) is 6.95. The van der Waals surface area contributed by atoms with Crippen molar-refractivity contribution in [2.45, 2.75) is 26.0 Å². The zero-order chi connectivity index (χ0) is 21.2. The Morgan fingerprint density at radius 2 is 1.96 bits per heavy atom. The Balaban J connectivity index is 2.56. The van der Waals surface area contributed by atoms with Gasteiger partial charge in [-0.1, -0.05) is 13.0 Å². The Bertz CT molecular complexity index is 812. The quantitative estimate of drug-likeness (QED) is 0.744. The predicted octanol–water partition coefficient (Wildman–Crippen LogP) is 0.864. The number of aliphatic hydroxyl groups excluding tert-OH is 1. The Morgan fingerprint density at radius 1 is 1.32 bits per heavy atom. The van der Waals surface area contributed by atoms with Gasteiger partial charge in [0.05, 0.1) is 36.7 Å². The summed E-state index contributed by atoms with van der Waals surface area (Å²) in [7, 11) is 1.86. The Morgan fingerprint density at radius 3 is 2.50 bits per heavy atom. The summed E-state index contributed by atoms with van der Waals surface area (Å²) in [5.41, 5.74) is 1.15. The molecule has 0 bridgehead atoms. The number of benzene rings is 1. The highest BCUT2D eigenvalue weighted by Crippen LogP contribution is 2.36. The first-order valence-corrected chi connectivity index (χ1v) is 11.1. The second kappa shape index (κ2) is 8.67. The number of hydrogen-bond acceptors (Lipinski definition) is 6. The number of aliphatic hydroxyl groups is 1. The summed E-state index contributed by atoms with van der Waals surface area (Å²) in [6, 6.07) is 4.99. The number of rotatable bonds is 6. The minimum Gasteiger partial charge on any atom is -0.486 e. The lowest BCUT2D eigenvalue weighted by Gasteiger charge is -2.38. The molecular weight excluding hydrogens is 382 g/mol. The Labute approximate surface area is 167 Å². The van der Waals surface area contributed by atoms with Gasteiger partial charge in [0.25, 0.3) is 5.91 Å². The van der Waals surface area contributed by atoms with Gasteiger partial charge >= 0.3 is 0 Å². The van der Waals surface area contributed by atoms with Crippen LogP contribution in [0.3, 0.4) is 0 Å². The van der Waals surface area contributed by atoms with Crippen molar-refractivity contribution in [1.82, 2.24) is 9.21 Å². The smallest absolute Gasteiger partial charge is 0.258 e. The highest BCUT2D eigenvalue weighted by Gasteiger charge is 2.35. The van der Waals surface area contributed by atoms with E-state index < -0.39 is 16.1 Å². The van der Waals surface area contributed by atoms with Gasteiger partial charge in [-0.3, -0.25) is 4.79 Å². The van der Waals surface area contributed by atoms with E-state index in [1.807, 2.05) is 32.0 Å². The zero-order valence-corrected chi connectivity index (χ0v) is 18.2. The van der Waals surface area contributed by atoms with E-state index in [-0.39, 0.29) is 31.0 Å². The second-order valence-electron chi connectivity index (χ2n) is 7.71. The number of fused-ring (bicyclic) bond motifs is 1. The van der Waals surface area contributed by atoms with Crippen LogP contribution in [0.15, 0.2) is 18.2 Å². The maximum atomic E-state index is 13.2. The molecule has 1 aromatic carbocycles. The largest absolute Gasteiger partial charge is 0.486 e. The third-order valence-corrected chi connectivity index (χ3v) is 6.44. The van der Waals surface area contributed by atoms with E-state index >= 15 is 0 Å². The molecule has 1 amide bonds. The van der Waals surface area contributed by atoms with Crippen LogP contribution in [0.5, 0.6) is 5.75 Å². The minimum absolute atomic E-state index is 0.148.